The Morgan fingerprint density at radius 1 is 1.36 bits per heavy atom. The molecule has 7 heteroatoms. The lowest BCUT2D eigenvalue weighted by Gasteiger charge is -2.36. The molecular weight excluding hydrogens is 297 g/mol. The summed E-state index contributed by atoms with van der Waals surface area (Å²) < 4.78 is 40.5. The molecule has 122 valence electrons. The molecule has 1 aliphatic rings. The van der Waals surface area contributed by atoms with Gasteiger partial charge >= 0.3 is 6.36 Å². The molecule has 2 N–H and O–H groups in total. The van der Waals surface area contributed by atoms with Crippen molar-refractivity contribution in [2.24, 2.45) is 5.92 Å². The highest BCUT2D eigenvalue weighted by Crippen LogP contribution is 2.24. The number of carbonyl (C=O) groups is 1. The van der Waals surface area contributed by atoms with E-state index in [1.165, 1.54) is 12.1 Å². The van der Waals surface area contributed by atoms with E-state index >= 15 is 0 Å². The lowest BCUT2D eigenvalue weighted by atomic mass is 9.89. The van der Waals surface area contributed by atoms with Crippen LogP contribution in [-0.4, -0.2) is 30.9 Å². The third kappa shape index (κ3) is 4.37. The molecule has 1 aliphatic heterocycles. The summed E-state index contributed by atoms with van der Waals surface area (Å²) in [6.07, 6.45) is -3.84. The average molecular weight is 316 g/mol. The third-order valence-electron chi connectivity index (χ3n) is 3.85. The van der Waals surface area contributed by atoms with Crippen LogP contribution in [0.1, 0.15) is 30.6 Å². The van der Waals surface area contributed by atoms with Gasteiger partial charge in [-0.25, -0.2) is 0 Å². The molecule has 0 radical (unpaired) electrons. The Balaban J connectivity index is 2.07. The second-order valence-corrected chi connectivity index (χ2v) is 5.58. The Bertz CT molecular complexity index is 524. The molecule has 1 aromatic carbocycles. The summed E-state index contributed by atoms with van der Waals surface area (Å²) in [4.78, 5) is 12.2. The van der Waals surface area contributed by atoms with E-state index in [0.29, 0.717) is 5.92 Å². The van der Waals surface area contributed by atoms with Crippen molar-refractivity contribution in [1.29, 1.82) is 0 Å². The van der Waals surface area contributed by atoms with E-state index in [-0.39, 0.29) is 17.6 Å². The Morgan fingerprint density at radius 3 is 2.73 bits per heavy atom. The van der Waals surface area contributed by atoms with Gasteiger partial charge in [0.05, 0.1) is 0 Å². The number of carbonyl (C=O) groups excluding carboxylic acids is 1. The van der Waals surface area contributed by atoms with E-state index in [0.717, 1.165) is 25.1 Å². The minimum atomic E-state index is -4.77. The van der Waals surface area contributed by atoms with Crippen LogP contribution < -0.4 is 15.4 Å². The van der Waals surface area contributed by atoms with E-state index < -0.39 is 18.0 Å². The molecule has 22 heavy (non-hydrogen) atoms. The van der Waals surface area contributed by atoms with Crippen LogP contribution in [0.15, 0.2) is 24.3 Å². The fraction of sp³-hybridized carbons (Fsp3) is 0.533. The first-order valence-corrected chi connectivity index (χ1v) is 7.16. The number of ether oxygens (including phenoxy) is 1. The Morgan fingerprint density at radius 2 is 2.09 bits per heavy atom. The molecule has 1 saturated heterocycles. The first-order valence-electron chi connectivity index (χ1n) is 7.16. The molecule has 1 amide bonds. The van der Waals surface area contributed by atoms with Crippen molar-refractivity contribution < 1.29 is 22.7 Å². The van der Waals surface area contributed by atoms with Crippen LogP contribution in [0.25, 0.3) is 0 Å². The number of hydrogen-bond acceptors (Lipinski definition) is 3. The number of halogens is 3. The van der Waals surface area contributed by atoms with Gasteiger partial charge in [-0.2, -0.15) is 0 Å². The molecule has 3 unspecified atom stereocenters. The van der Waals surface area contributed by atoms with Crippen molar-refractivity contribution in [3.8, 4) is 5.75 Å². The van der Waals surface area contributed by atoms with E-state index in [9.17, 15) is 18.0 Å². The van der Waals surface area contributed by atoms with Gasteiger partial charge in [0, 0.05) is 17.6 Å². The summed E-state index contributed by atoms with van der Waals surface area (Å²) >= 11 is 0. The first kappa shape index (κ1) is 16.6. The topological polar surface area (TPSA) is 50.4 Å². The molecule has 1 fully saturated rings. The molecular formula is C15H19F3N2O2. The fourth-order valence-electron chi connectivity index (χ4n) is 2.67. The molecule has 0 spiro atoms. The number of hydrogen-bond donors (Lipinski definition) is 2. The van der Waals surface area contributed by atoms with Crippen molar-refractivity contribution in [1.82, 2.24) is 10.6 Å². The largest absolute Gasteiger partial charge is 0.573 e. The van der Waals surface area contributed by atoms with Gasteiger partial charge in [0.15, 0.2) is 0 Å². The van der Waals surface area contributed by atoms with Crippen molar-refractivity contribution in [3.05, 3.63) is 29.8 Å². The Kier molecular flexibility index (Phi) is 4.95. The summed E-state index contributed by atoms with van der Waals surface area (Å²) in [6, 6.07) is 5.13. The van der Waals surface area contributed by atoms with Gasteiger partial charge in [-0.05, 0) is 44.0 Å². The number of nitrogens with one attached hydrogen (secondary N) is 2. The minimum absolute atomic E-state index is 0.0616. The number of piperidine rings is 1. The number of amides is 1. The molecule has 0 bridgehead atoms. The van der Waals surface area contributed by atoms with Gasteiger partial charge < -0.3 is 15.4 Å². The van der Waals surface area contributed by atoms with Crippen molar-refractivity contribution in [2.45, 2.75) is 38.7 Å². The summed E-state index contributed by atoms with van der Waals surface area (Å²) in [5.41, 5.74) is 0.145. The SMILES string of the molecule is CC1CCNC(C)C1NC(=O)c1cccc(OC(F)(F)F)c1. The summed E-state index contributed by atoms with van der Waals surface area (Å²) in [7, 11) is 0. The fourth-order valence-corrected chi connectivity index (χ4v) is 2.67. The highest BCUT2D eigenvalue weighted by atomic mass is 19.4. The van der Waals surface area contributed by atoms with Crippen LogP contribution in [0.4, 0.5) is 13.2 Å². The molecule has 0 saturated carbocycles. The highest BCUT2D eigenvalue weighted by molar-refractivity contribution is 5.94. The average Bonchev–Trinajstić information content (AvgIpc) is 2.41. The Hall–Kier alpha value is -1.76. The predicted molar refractivity (Wildman–Crippen MR) is 75.6 cm³/mol. The van der Waals surface area contributed by atoms with E-state index in [1.807, 2.05) is 13.8 Å². The van der Waals surface area contributed by atoms with Gasteiger partial charge in [0.25, 0.3) is 5.91 Å². The van der Waals surface area contributed by atoms with Crippen LogP contribution in [0.5, 0.6) is 5.75 Å². The zero-order valence-corrected chi connectivity index (χ0v) is 12.4. The lowest BCUT2D eigenvalue weighted by molar-refractivity contribution is -0.274. The van der Waals surface area contributed by atoms with Gasteiger partial charge in [0.1, 0.15) is 5.75 Å². The van der Waals surface area contributed by atoms with E-state index in [2.05, 4.69) is 15.4 Å². The summed E-state index contributed by atoms with van der Waals surface area (Å²) in [6.45, 7) is 4.92. The molecule has 0 aromatic heterocycles. The van der Waals surface area contributed by atoms with E-state index in [4.69, 9.17) is 0 Å². The number of rotatable bonds is 3. The number of benzene rings is 1. The molecule has 2 rings (SSSR count). The van der Waals surface area contributed by atoms with Gasteiger partial charge in [-0.3, -0.25) is 4.79 Å². The maximum Gasteiger partial charge on any atom is 0.573 e. The normalized spacial score (nSPS) is 25.6. The van der Waals surface area contributed by atoms with Crippen molar-refractivity contribution >= 4 is 5.91 Å². The quantitative estimate of drug-likeness (QED) is 0.901. The third-order valence-corrected chi connectivity index (χ3v) is 3.85. The lowest BCUT2D eigenvalue weighted by Crippen LogP contribution is -2.55. The molecule has 1 heterocycles. The standard InChI is InChI=1S/C15H19F3N2O2/c1-9-6-7-19-10(2)13(9)20-14(21)11-4-3-5-12(8-11)22-15(16,17)18/h3-5,8-10,13,19H,6-7H2,1-2H3,(H,20,21). The van der Waals surface area contributed by atoms with E-state index in [1.54, 1.807) is 0 Å². The van der Waals surface area contributed by atoms with Gasteiger partial charge in [-0.1, -0.05) is 13.0 Å². The van der Waals surface area contributed by atoms with Crippen LogP contribution >= 0.6 is 0 Å². The summed E-state index contributed by atoms with van der Waals surface area (Å²) in [5, 5.41) is 6.16. The van der Waals surface area contributed by atoms with Gasteiger partial charge in [0.2, 0.25) is 0 Å². The van der Waals surface area contributed by atoms with Crippen molar-refractivity contribution in [2.75, 3.05) is 6.54 Å². The van der Waals surface area contributed by atoms with Crippen LogP contribution in [0, 0.1) is 5.92 Å². The highest BCUT2D eigenvalue weighted by Gasteiger charge is 2.32. The minimum Gasteiger partial charge on any atom is -0.406 e. The van der Waals surface area contributed by atoms with Crippen LogP contribution in [0.3, 0.4) is 0 Å². The maximum absolute atomic E-state index is 12.2. The molecule has 4 nitrogen and oxygen atoms in total. The molecule has 0 aliphatic carbocycles. The van der Waals surface area contributed by atoms with Crippen LogP contribution in [0.2, 0.25) is 0 Å². The van der Waals surface area contributed by atoms with Gasteiger partial charge in [-0.15, -0.1) is 13.2 Å². The summed E-state index contributed by atoms with van der Waals surface area (Å²) in [5.74, 6) is -0.502. The zero-order valence-electron chi connectivity index (χ0n) is 12.4. The molecule has 3 atom stereocenters. The maximum atomic E-state index is 12.2. The first-order chi connectivity index (χ1) is 10.3. The van der Waals surface area contributed by atoms with Crippen LogP contribution in [-0.2, 0) is 0 Å². The smallest absolute Gasteiger partial charge is 0.406 e. The van der Waals surface area contributed by atoms with Crippen molar-refractivity contribution in [3.63, 3.8) is 0 Å². The zero-order chi connectivity index (χ0) is 16.3. The number of alkyl halides is 3. The monoisotopic (exact) mass is 316 g/mol. The second kappa shape index (κ2) is 6.56. The second-order valence-electron chi connectivity index (χ2n) is 5.58. The Labute approximate surface area is 127 Å². The predicted octanol–water partition coefficient (Wildman–Crippen LogP) is 2.70. The molecule has 1 aromatic rings.